The van der Waals surface area contributed by atoms with E-state index in [1.807, 2.05) is 59.0 Å². The van der Waals surface area contributed by atoms with E-state index >= 15 is 0 Å². The molecule has 8 heteroatoms. The summed E-state index contributed by atoms with van der Waals surface area (Å²) in [5, 5.41) is 16.4. The molecule has 0 unspecified atom stereocenters. The van der Waals surface area contributed by atoms with Crippen molar-refractivity contribution in [2.75, 3.05) is 11.9 Å². The summed E-state index contributed by atoms with van der Waals surface area (Å²) in [6.45, 7) is 4.29. The van der Waals surface area contributed by atoms with E-state index in [1.54, 1.807) is 6.20 Å². The van der Waals surface area contributed by atoms with E-state index in [0.29, 0.717) is 11.7 Å². The topological polar surface area (TPSA) is 59.7 Å². The van der Waals surface area contributed by atoms with Crippen LogP contribution < -0.4 is 10.6 Å². The minimum Gasteiger partial charge on any atom is -0.362 e. The van der Waals surface area contributed by atoms with Crippen molar-refractivity contribution in [1.29, 1.82) is 0 Å². The molecule has 0 atom stereocenters. The van der Waals surface area contributed by atoms with Crippen molar-refractivity contribution in [2.45, 2.75) is 26.4 Å². The lowest BCUT2D eigenvalue weighted by Crippen LogP contribution is -2.29. The zero-order valence-corrected chi connectivity index (χ0v) is 16.1. The first kappa shape index (κ1) is 18.4. The van der Waals surface area contributed by atoms with Crippen molar-refractivity contribution < 1.29 is 0 Å². The van der Waals surface area contributed by atoms with E-state index in [1.165, 1.54) is 0 Å². The van der Waals surface area contributed by atoms with E-state index in [-0.39, 0.29) is 0 Å². The SMILES string of the molecule is Cc1ccn(CCCNC(=S)Nc2cnn(Cc3cccc(Cl)c3)c2)n1. The average molecular weight is 389 g/mol. The lowest BCUT2D eigenvalue weighted by molar-refractivity contribution is 0.570. The number of anilines is 1. The highest BCUT2D eigenvalue weighted by atomic mass is 35.5. The molecule has 0 radical (unpaired) electrons. The lowest BCUT2D eigenvalue weighted by atomic mass is 10.2. The fourth-order valence-corrected chi connectivity index (χ4v) is 2.98. The largest absolute Gasteiger partial charge is 0.362 e. The molecule has 26 heavy (non-hydrogen) atoms. The molecule has 0 aliphatic rings. The molecule has 2 N–H and O–H groups in total. The van der Waals surface area contributed by atoms with Crippen LogP contribution >= 0.6 is 23.8 Å². The monoisotopic (exact) mass is 388 g/mol. The summed E-state index contributed by atoms with van der Waals surface area (Å²) >= 11 is 11.3. The van der Waals surface area contributed by atoms with Gasteiger partial charge in [0.1, 0.15) is 0 Å². The first-order chi connectivity index (χ1) is 12.6. The van der Waals surface area contributed by atoms with Crippen molar-refractivity contribution >= 4 is 34.6 Å². The van der Waals surface area contributed by atoms with Gasteiger partial charge in [-0.15, -0.1) is 0 Å². The number of nitrogens with one attached hydrogen (secondary N) is 2. The lowest BCUT2D eigenvalue weighted by Gasteiger charge is -2.09. The standard InChI is InChI=1S/C18H21ClN6S/c1-14-6-9-24(23-14)8-3-7-20-18(26)22-17-11-21-25(13-17)12-15-4-2-5-16(19)10-15/h2,4-6,9-11,13H,3,7-8,12H2,1H3,(H2,20,22,26). The third-order valence-electron chi connectivity index (χ3n) is 3.75. The minimum atomic E-state index is 0.587. The van der Waals surface area contributed by atoms with Crippen LogP contribution in [-0.4, -0.2) is 31.2 Å². The molecule has 0 aliphatic carbocycles. The van der Waals surface area contributed by atoms with Crippen molar-refractivity contribution in [2.24, 2.45) is 0 Å². The van der Waals surface area contributed by atoms with Crippen LogP contribution in [0.1, 0.15) is 17.7 Å². The van der Waals surface area contributed by atoms with Crippen LogP contribution in [0.25, 0.3) is 0 Å². The van der Waals surface area contributed by atoms with Crippen LogP contribution in [0.2, 0.25) is 5.02 Å². The summed E-state index contributed by atoms with van der Waals surface area (Å²) in [5.41, 5.74) is 2.99. The third-order valence-corrected chi connectivity index (χ3v) is 4.23. The minimum absolute atomic E-state index is 0.587. The summed E-state index contributed by atoms with van der Waals surface area (Å²) in [6.07, 6.45) is 6.60. The van der Waals surface area contributed by atoms with Gasteiger partial charge in [0.15, 0.2) is 5.11 Å². The Balaban J connectivity index is 1.41. The predicted molar refractivity (Wildman–Crippen MR) is 109 cm³/mol. The van der Waals surface area contributed by atoms with Crippen LogP contribution in [0.3, 0.4) is 0 Å². The first-order valence-corrected chi connectivity index (χ1v) is 9.19. The Morgan fingerprint density at radius 2 is 2.15 bits per heavy atom. The second-order valence-electron chi connectivity index (χ2n) is 6.01. The summed E-state index contributed by atoms with van der Waals surface area (Å²) in [4.78, 5) is 0. The molecule has 0 fully saturated rings. The van der Waals surface area contributed by atoms with Gasteiger partial charge < -0.3 is 10.6 Å². The van der Waals surface area contributed by atoms with Gasteiger partial charge in [-0.1, -0.05) is 23.7 Å². The number of halogens is 1. The van der Waals surface area contributed by atoms with Gasteiger partial charge in [0, 0.05) is 30.5 Å². The second kappa shape index (κ2) is 8.82. The van der Waals surface area contributed by atoms with E-state index in [0.717, 1.165) is 41.5 Å². The number of aryl methyl sites for hydroxylation is 2. The third kappa shape index (κ3) is 5.57. The zero-order chi connectivity index (χ0) is 18.4. The van der Waals surface area contributed by atoms with Crippen molar-refractivity contribution in [1.82, 2.24) is 24.9 Å². The first-order valence-electron chi connectivity index (χ1n) is 8.40. The van der Waals surface area contributed by atoms with Crippen LogP contribution in [0.15, 0.2) is 48.9 Å². The number of rotatable bonds is 7. The Kier molecular flexibility index (Phi) is 6.25. The van der Waals surface area contributed by atoms with E-state index in [9.17, 15) is 0 Å². The van der Waals surface area contributed by atoms with Crippen LogP contribution in [-0.2, 0) is 13.1 Å². The Morgan fingerprint density at radius 1 is 1.27 bits per heavy atom. The van der Waals surface area contributed by atoms with Gasteiger partial charge in [-0.2, -0.15) is 10.2 Å². The number of aromatic nitrogens is 4. The van der Waals surface area contributed by atoms with Gasteiger partial charge in [0.25, 0.3) is 0 Å². The predicted octanol–water partition coefficient (Wildman–Crippen LogP) is 3.47. The molecular formula is C18H21ClN6S. The molecule has 0 aliphatic heterocycles. The maximum Gasteiger partial charge on any atom is 0.170 e. The van der Waals surface area contributed by atoms with Gasteiger partial charge in [-0.05, 0) is 49.3 Å². The van der Waals surface area contributed by atoms with E-state index in [2.05, 4.69) is 20.8 Å². The number of hydrogen-bond acceptors (Lipinski definition) is 3. The molecule has 0 saturated carbocycles. The van der Waals surface area contributed by atoms with Crippen LogP contribution in [0, 0.1) is 6.92 Å². The van der Waals surface area contributed by atoms with Crippen LogP contribution in [0.4, 0.5) is 5.69 Å². The smallest absolute Gasteiger partial charge is 0.170 e. The second-order valence-corrected chi connectivity index (χ2v) is 6.86. The molecule has 2 aromatic heterocycles. The molecule has 0 amide bonds. The van der Waals surface area contributed by atoms with Crippen molar-refractivity contribution in [3.8, 4) is 0 Å². The van der Waals surface area contributed by atoms with Crippen molar-refractivity contribution in [3.63, 3.8) is 0 Å². The molecule has 3 rings (SSSR count). The summed E-state index contributed by atoms with van der Waals surface area (Å²) in [5.74, 6) is 0. The number of hydrogen-bond donors (Lipinski definition) is 2. The highest BCUT2D eigenvalue weighted by molar-refractivity contribution is 7.80. The Hall–Kier alpha value is -2.38. The summed E-state index contributed by atoms with van der Waals surface area (Å²) in [6, 6.07) is 9.75. The maximum atomic E-state index is 6.01. The van der Waals surface area contributed by atoms with Gasteiger partial charge in [0.05, 0.1) is 24.1 Å². The van der Waals surface area contributed by atoms with E-state index in [4.69, 9.17) is 23.8 Å². The number of thiocarbonyl (C=S) groups is 1. The Bertz CT molecular complexity index is 872. The molecule has 3 aromatic rings. The fraction of sp³-hybridized carbons (Fsp3) is 0.278. The number of nitrogens with zero attached hydrogens (tertiary/aromatic N) is 4. The van der Waals surface area contributed by atoms with Crippen molar-refractivity contribution in [3.05, 3.63) is 65.2 Å². The van der Waals surface area contributed by atoms with Gasteiger partial charge in [-0.3, -0.25) is 9.36 Å². The summed E-state index contributed by atoms with van der Waals surface area (Å²) < 4.78 is 3.78. The highest BCUT2D eigenvalue weighted by Gasteiger charge is 2.03. The molecule has 0 spiro atoms. The zero-order valence-electron chi connectivity index (χ0n) is 14.5. The summed E-state index contributed by atoms with van der Waals surface area (Å²) in [7, 11) is 0. The molecule has 0 saturated heterocycles. The Labute approximate surface area is 163 Å². The van der Waals surface area contributed by atoms with E-state index < -0.39 is 0 Å². The number of benzene rings is 1. The highest BCUT2D eigenvalue weighted by Crippen LogP contribution is 2.13. The van der Waals surface area contributed by atoms with Gasteiger partial charge in [0.2, 0.25) is 0 Å². The average Bonchev–Trinajstić information content (AvgIpc) is 3.21. The molecule has 2 heterocycles. The molecular weight excluding hydrogens is 368 g/mol. The maximum absolute atomic E-state index is 6.01. The normalized spacial score (nSPS) is 10.7. The molecule has 0 bridgehead atoms. The fourth-order valence-electron chi connectivity index (χ4n) is 2.54. The van der Waals surface area contributed by atoms with Crippen LogP contribution in [0.5, 0.6) is 0 Å². The molecule has 1 aromatic carbocycles. The van der Waals surface area contributed by atoms with Gasteiger partial charge >= 0.3 is 0 Å². The van der Waals surface area contributed by atoms with Gasteiger partial charge in [-0.25, -0.2) is 0 Å². The quantitative estimate of drug-likeness (QED) is 0.479. The molecule has 6 nitrogen and oxygen atoms in total. The molecule has 136 valence electrons. The Morgan fingerprint density at radius 3 is 2.92 bits per heavy atom.